The van der Waals surface area contributed by atoms with Crippen LogP contribution in [-0.2, 0) is 9.84 Å². The predicted molar refractivity (Wildman–Crippen MR) is 65.2 cm³/mol. The summed E-state index contributed by atoms with van der Waals surface area (Å²) in [5.41, 5.74) is 0. The molecule has 0 spiro atoms. The molecule has 0 aromatic carbocycles. The maximum atomic E-state index is 11.5. The molecular formula is C11H16N2O2S. The third-order valence-corrected chi connectivity index (χ3v) is 3.20. The first-order chi connectivity index (χ1) is 7.45. The second kappa shape index (κ2) is 5.12. The molecule has 4 nitrogen and oxygen atoms in total. The third kappa shape index (κ3) is 3.34. The van der Waals surface area contributed by atoms with Crippen LogP contribution in [0.1, 0.15) is 13.3 Å². The minimum absolute atomic E-state index is 0.105. The first kappa shape index (κ1) is 12.7. The maximum absolute atomic E-state index is 11.5. The summed E-state index contributed by atoms with van der Waals surface area (Å²) in [6.07, 6.45) is 5.27. The van der Waals surface area contributed by atoms with Crippen molar-refractivity contribution in [3.05, 3.63) is 31.0 Å². The van der Waals surface area contributed by atoms with Crippen LogP contribution in [0.25, 0.3) is 0 Å². The number of nitrogens with one attached hydrogen (secondary N) is 1. The highest BCUT2D eigenvalue weighted by molar-refractivity contribution is 7.90. The van der Waals surface area contributed by atoms with Gasteiger partial charge < -0.3 is 5.32 Å². The quantitative estimate of drug-likeness (QED) is 0.798. The molecule has 1 atom stereocenters. The lowest BCUT2D eigenvalue weighted by molar-refractivity contribution is 0.601. The van der Waals surface area contributed by atoms with E-state index in [2.05, 4.69) is 16.9 Å². The standard InChI is InChI=1S/C11H16N2O2S/c1-4-6-9(2)13-11-10(16(3,14)15)7-5-8-12-11/h4-5,7-9H,1,6H2,2-3H3,(H,12,13). The Kier molecular flexibility index (Phi) is 4.06. The number of hydrogen-bond donors (Lipinski definition) is 1. The van der Waals surface area contributed by atoms with Crippen LogP contribution in [-0.4, -0.2) is 25.7 Å². The number of rotatable bonds is 5. The molecule has 1 N–H and O–H groups in total. The van der Waals surface area contributed by atoms with Crippen LogP contribution in [0.2, 0.25) is 0 Å². The molecule has 0 saturated carbocycles. The van der Waals surface area contributed by atoms with Gasteiger partial charge >= 0.3 is 0 Å². The van der Waals surface area contributed by atoms with E-state index >= 15 is 0 Å². The molecule has 0 bridgehead atoms. The molecule has 0 radical (unpaired) electrons. The number of sulfone groups is 1. The molecule has 88 valence electrons. The average Bonchev–Trinajstić information content (AvgIpc) is 2.17. The molecule has 5 heteroatoms. The van der Waals surface area contributed by atoms with Gasteiger partial charge in [-0.1, -0.05) is 6.08 Å². The van der Waals surface area contributed by atoms with E-state index in [0.29, 0.717) is 5.82 Å². The van der Waals surface area contributed by atoms with Gasteiger partial charge in [-0.3, -0.25) is 0 Å². The summed E-state index contributed by atoms with van der Waals surface area (Å²) in [6.45, 7) is 5.58. The second-order valence-electron chi connectivity index (χ2n) is 3.69. The Morgan fingerprint density at radius 2 is 2.31 bits per heavy atom. The van der Waals surface area contributed by atoms with Gasteiger partial charge in [0.15, 0.2) is 9.84 Å². The Balaban J connectivity index is 3.01. The minimum Gasteiger partial charge on any atom is -0.366 e. The predicted octanol–water partition coefficient (Wildman–Crippen LogP) is 1.86. The van der Waals surface area contributed by atoms with Crippen molar-refractivity contribution in [3.63, 3.8) is 0 Å². The summed E-state index contributed by atoms with van der Waals surface area (Å²) in [5, 5.41) is 3.06. The Morgan fingerprint density at radius 3 is 2.88 bits per heavy atom. The van der Waals surface area contributed by atoms with Gasteiger partial charge in [-0.05, 0) is 25.5 Å². The molecule has 1 unspecified atom stereocenters. The molecule has 0 amide bonds. The van der Waals surface area contributed by atoms with E-state index in [1.807, 2.05) is 6.92 Å². The van der Waals surface area contributed by atoms with Gasteiger partial charge in [0.1, 0.15) is 10.7 Å². The number of hydrogen-bond acceptors (Lipinski definition) is 4. The number of aromatic nitrogens is 1. The molecule has 1 rings (SSSR count). The lowest BCUT2D eigenvalue weighted by atomic mass is 10.2. The molecule has 0 aliphatic carbocycles. The smallest absolute Gasteiger partial charge is 0.179 e. The van der Waals surface area contributed by atoms with Crippen LogP contribution in [0.5, 0.6) is 0 Å². The summed E-state index contributed by atoms with van der Waals surface area (Å²) in [4.78, 5) is 4.27. The van der Waals surface area contributed by atoms with Crippen LogP contribution >= 0.6 is 0 Å². The van der Waals surface area contributed by atoms with Crippen LogP contribution in [0, 0.1) is 0 Å². The fourth-order valence-corrected chi connectivity index (χ4v) is 2.13. The van der Waals surface area contributed by atoms with Crippen molar-refractivity contribution in [2.24, 2.45) is 0 Å². The Bertz CT molecular complexity index is 469. The highest BCUT2D eigenvalue weighted by Crippen LogP contribution is 2.18. The zero-order valence-corrected chi connectivity index (χ0v) is 10.3. The lowest BCUT2D eigenvalue weighted by Crippen LogP contribution is -2.17. The Labute approximate surface area is 96.3 Å². The fraction of sp³-hybridized carbons (Fsp3) is 0.364. The SMILES string of the molecule is C=CCC(C)Nc1ncccc1S(C)(=O)=O. The van der Waals surface area contributed by atoms with Crippen LogP contribution in [0.3, 0.4) is 0 Å². The molecule has 0 saturated heterocycles. The van der Waals surface area contributed by atoms with Gasteiger partial charge in [0.05, 0.1) is 0 Å². The van der Waals surface area contributed by atoms with Crippen molar-refractivity contribution in [2.75, 3.05) is 11.6 Å². The van der Waals surface area contributed by atoms with Crippen molar-refractivity contribution in [1.82, 2.24) is 4.98 Å². The topological polar surface area (TPSA) is 59.1 Å². The molecule has 0 fully saturated rings. The normalized spacial score (nSPS) is 13.1. The van der Waals surface area contributed by atoms with Gasteiger partial charge in [0.25, 0.3) is 0 Å². The number of nitrogens with zero attached hydrogens (tertiary/aromatic N) is 1. The van der Waals surface area contributed by atoms with Crippen molar-refractivity contribution < 1.29 is 8.42 Å². The summed E-state index contributed by atoms with van der Waals surface area (Å²) >= 11 is 0. The van der Waals surface area contributed by atoms with Gasteiger partial charge in [-0.25, -0.2) is 13.4 Å². The van der Waals surface area contributed by atoms with Gasteiger partial charge in [-0.2, -0.15) is 0 Å². The van der Waals surface area contributed by atoms with E-state index in [1.165, 1.54) is 6.26 Å². The highest BCUT2D eigenvalue weighted by atomic mass is 32.2. The molecule has 0 aliphatic rings. The Morgan fingerprint density at radius 1 is 1.62 bits per heavy atom. The van der Waals surface area contributed by atoms with E-state index in [1.54, 1.807) is 24.4 Å². The van der Waals surface area contributed by atoms with Crippen molar-refractivity contribution in [2.45, 2.75) is 24.3 Å². The van der Waals surface area contributed by atoms with E-state index < -0.39 is 9.84 Å². The highest BCUT2D eigenvalue weighted by Gasteiger charge is 2.14. The van der Waals surface area contributed by atoms with Crippen molar-refractivity contribution in [1.29, 1.82) is 0 Å². The molecule has 1 aromatic heterocycles. The number of pyridine rings is 1. The summed E-state index contributed by atoms with van der Waals surface area (Å²) in [7, 11) is -3.24. The first-order valence-electron chi connectivity index (χ1n) is 4.97. The molecule has 1 aromatic rings. The monoisotopic (exact) mass is 240 g/mol. The van der Waals surface area contributed by atoms with Crippen LogP contribution in [0.15, 0.2) is 35.9 Å². The van der Waals surface area contributed by atoms with E-state index in [9.17, 15) is 8.42 Å². The lowest BCUT2D eigenvalue weighted by Gasteiger charge is -2.14. The maximum Gasteiger partial charge on any atom is 0.179 e. The molecule has 0 aliphatic heterocycles. The zero-order chi connectivity index (χ0) is 12.2. The van der Waals surface area contributed by atoms with Gasteiger partial charge in [-0.15, -0.1) is 6.58 Å². The number of anilines is 1. The van der Waals surface area contributed by atoms with Crippen LogP contribution in [0.4, 0.5) is 5.82 Å². The van der Waals surface area contributed by atoms with E-state index in [0.717, 1.165) is 6.42 Å². The fourth-order valence-electron chi connectivity index (χ4n) is 1.34. The molecule has 1 heterocycles. The van der Waals surface area contributed by atoms with Crippen LogP contribution < -0.4 is 5.32 Å². The summed E-state index contributed by atoms with van der Waals surface area (Å²) in [5.74, 6) is 0.402. The Hall–Kier alpha value is -1.36. The first-order valence-corrected chi connectivity index (χ1v) is 6.87. The molecule has 16 heavy (non-hydrogen) atoms. The van der Waals surface area contributed by atoms with Gasteiger partial charge in [0, 0.05) is 18.5 Å². The minimum atomic E-state index is -3.24. The second-order valence-corrected chi connectivity index (χ2v) is 5.68. The van der Waals surface area contributed by atoms with Crippen molar-refractivity contribution in [3.8, 4) is 0 Å². The summed E-state index contributed by atoms with van der Waals surface area (Å²) in [6, 6.07) is 3.26. The van der Waals surface area contributed by atoms with Crippen molar-refractivity contribution >= 4 is 15.7 Å². The third-order valence-electron chi connectivity index (χ3n) is 2.07. The van der Waals surface area contributed by atoms with E-state index in [-0.39, 0.29) is 10.9 Å². The summed E-state index contributed by atoms with van der Waals surface area (Å²) < 4.78 is 23.0. The largest absolute Gasteiger partial charge is 0.366 e. The molecular weight excluding hydrogens is 224 g/mol. The van der Waals surface area contributed by atoms with E-state index in [4.69, 9.17) is 0 Å². The average molecular weight is 240 g/mol. The van der Waals surface area contributed by atoms with Gasteiger partial charge in [0.2, 0.25) is 0 Å². The zero-order valence-electron chi connectivity index (χ0n) is 9.47.